The van der Waals surface area contributed by atoms with Gasteiger partial charge in [0.1, 0.15) is 5.69 Å². The van der Waals surface area contributed by atoms with Gasteiger partial charge in [-0.1, -0.05) is 6.07 Å². The lowest BCUT2D eigenvalue weighted by molar-refractivity contribution is -0.126. The molecular weight excluding hydrogens is 292 g/mol. The molecule has 1 aromatic rings. The van der Waals surface area contributed by atoms with Crippen molar-refractivity contribution in [3.63, 3.8) is 0 Å². The van der Waals surface area contributed by atoms with Gasteiger partial charge < -0.3 is 10.2 Å². The molecule has 23 heavy (non-hydrogen) atoms. The van der Waals surface area contributed by atoms with Crippen molar-refractivity contribution in [1.29, 1.82) is 0 Å². The molecule has 3 rings (SSSR count). The molecule has 2 fully saturated rings. The molecule has 6 heteroatoms. The Morgan fingerprint density at radius 1 is 1.30 bits per heavy atom. The SMILES string of the molecule is CNC(=O)[C@@H]1C[C@H]2CN(C(=O)c3ccccn3)C[C@H]2N1C(C)C. The van der Waals surface area contributed by atoms with Crippen molar-refractivity contribution < 1.29 is 9.59 Å². The highest BCUT2D eigenvalue weighted by atomic mass is 16.2. The van der Waals surface area contributed by atoms with E-state index in [4.69, 9.17) is 0 Å². The summed E-state index contributed by atoms with van der Waals surface area (Å²) >= 11 is 0. The van der Waals surface area contributed by atoms with Gasteiger partial charge in [-0.15, -0.1) is 0 Å². The van der Waals surface area contributed by atoms with Crippen molar-refractivity contribution in [2.75, 3.05) is 20.1 Å². The molecule has 0 unspecified atom stereocenters. The number of likely N-dealkylation sites (N-methyl/N-ethyl adjacent to an activating group) is 1. The minimum Gasteiger partial charge on any atom is -0.358 e. The maximum Gasteiger partial charge on any atom is 0.272 e. The molecule has 1 aromatic heterocycles. The van der Waals surface area contributed by atoms with E-state index in [0.717, 1.165) is 6.42 Å². The number of pyridine rings is 1. The lowest BCUT2D eigenvalue weighted by atomic mass is 10.0. The van der Waals surface area contributed by atoms with Crippen LogP contribution in [-0.4, -0.2) is 64.9 Å². The molecule has 0 saturated carbocycles. The monoisotopic (exact) mass is 316 g/mol. The highest BCUT2D eigenvalue weighted by molar-refractivity contribution is 5.92. The first-order chi connectivity index (χ1) is 11.0. The zero-order chi connectivity index (χ0) is 16.6. The quantitative estimate of drug-likeness (QED) is 0.894. The van der Waals surface area contributed by atoms with Gasteiger partial charge in [-0.3, -0.25) is 19.5 Å². The molecule has 3 atom stereocenters. The van der Waals surface area contributed by atoms with Crippen LogP contribution in [0.1, 0.15) is 30.8 Å². The van der Waals surface area contributed by atoms with Gasteiger partial charge in [0.25, 0.3) is 5.91 Å². The number of likely N-dealkylation sites (tertiary alicyclic amines) is 2. The van der Waals surface area contributed by atoms with Gasteiger partial charge in [0.2, 0.25) is 5.91 Å². The molecule has 2 amide bonds. The summed E-state index contributed by atoms with van der Waals surface area (Å²) in [5.41, 5.74) is 0.492. The predicted molar refractivity (Wildman–Crippen MR) is 86.9 cm³/mol. The van der Waals surface area contributed by atoms with Crippen molar-refractivity contribution in [2.45, 2.75) is 38.4 Å². The predicted octanol–water partition coefficient (Wildman–Crippen LogP) is 0.751. The number of amides is 2. The summed E-state index contributed by atoms with van der Waals surface area (Å²) in [6, 6.07) is 5.84. The maximum absolute atomic E-state index is 12.6. The topological polar surface area (TPSA) is 65.5 Å². The number of aromatic nitrogens is 1. The third-order valence-corrected chi connectivity index (χ3v) is 4.99. The van der Waals surface area contributed by atoms with E-state index in [0.29, 0.717) is 24.7 Å². The van der Waals surface area contributed by atoms with E-state index in [1.165, 1.54) is 0 Å². The summed E-state index contributed by atoms with van der Waals surface area (Å²) < 4.78 is 0. The van der Waals surface area contributed by atoms with Crippen LogP contribution in [0.3, 0.4) is 0 Å². The second-order valence-corrected chi connectivity index (χ2v) is 6.66. The molecular formula is C17H24N4O2. The van der Waals surface area contributed by atoms with Crippen molar-refractivity contribution in [3.8, 4) is 0 Å². The lowest BCUT2D eigenvalue weighted by Crippen LogP contribution is -2.50. The molecule has 124 valence electrons. The van der Waals surface area contributed by atoms with Crippen molar-refractivity contribution in [1.82, 2.24) is 20.1 Å². The molecule has 1 N–H and O–H groups in total. The first-order valence-corrected chi connectivity index (χ1v) is 8.22. The van der Waals surface area contributed by atoms with Gasteiger partial charge in [0, 0.05) is 38.4 Å². The molecule has 2 aliphatic heterocycles. The Morgan fingerprint density at radius 3 is 2.70 bits per heavy atom. The molecule has 2 saturated heterocycles. The van der Waals surface area contributed by atoms with Crippen LogP contribution >= 0.6 is 0 Å². The van der Waals surface area contributed by atoms with Crippen LogP contribution in [0.25, 0.3) is 0 Å². The van der Waals surface area contributed by atoms with E-state index < -0.39 is 0 Å². The summed E-state index contributed by atoms with van der Waals surface area (Å²) in [5.74, 6) is 0.420. The summed E-state index contributed by atoms with van der Waals surface area (Å²) in [7, 11) is 1.69. The zero-order valence-electron chi connectivity index (χ0n) is 13.9. The van der Waals surface area contributed by atoms with Crippen LogP contribution in [0.5, 0.6) is 0 Å². The van der Waals surface area contributed by atoms with Gasteiger partial charge in [-0.05, 0) is 38.3 Å². The van der Waals surface area contributed by atoms with Crippen LogP contribution in [0.2, 0.25) is 0 Å². The van der Waals surface area contributed by atoms with Gasteiger partial charge >= 0.3 is 0 Å². The fourth-order valence-corrected chi connectivity index (χ4v) is 4.03. The number of rotatable bonds is 3. The standard InChI is InChI=1S/C17H24N4O2/c1-11(2)21-14(16(22)18-3)8-12-9-20(10-15(12)21)17(23)13-6-4-5-7-19-13/h4-7,11-12,14-15H,8-10H2,1-3H3,(H,18,22)/t12-,14-,15+/m0/s1. The van der Waals surface area contributed by atoms with Crippen molar-refractivity contribution >= 4 is 11.8 Å². The average molecular weight is 316 g/mol. The van der Waals surface area contributed by atoms with E-state index in [-0.39, 0.29) is 29.9 Å². The largest absolute Gasteiger partial charge is 0.358 e. The van der Waals surface area contributed by atoms with Crippen molar-refractivity contribution in [3.05, 3.63) is 30.1 Å². The number of nitrogens with zero attached hydrogens (tertiary/aromatic N) is 3. The molecule has 6 nitrogen and oxygen atoms in total. The van der Waals surface area contributed by atoms with Crippen LogP contribution in [-0.2, 0) is 4.79 Å². The number of nitrogens with one attached hydrogen (secondary N) is 1. The second kappa shape index (κ2) is 6.28. The van der Waals surface area contributed by atoms with Gasteiger partial charge in [-0.2, -0.15) is 0 Å². The van der Waals surface area contributed by atoms with E-state index in [2.05, 4.69) is 29.0 Å². The third-order valence-electron chi connectivity index (χ3n) is 4.99. The Kier molecular flexibility index (Phi) is 4.35. The molecule has 0 aliphatic carbocycles. The van der Waals surface area contributed by atoms with Crippen LogP contribution < -0.4 is 5.32 Å². The highest BCUT2D eigenvalue weighted by Crippen LogP contribution is 2.37. The van der Waals surface area contributed by atoms with Crippen LogP contribution in [0, 0.1) is 5.92 Å². The number of hydrogen-bond acceptors (Lipinski definition) is 4. The van der Waals surface area contributed by atoms with Gasteiger partial charge in [-0.25, -0.2) is 0 Å². The minimum absolute atomic E-state index is 0.0137. The van der Waals surface area contributed by atoms with E-state index in [1.807, 2.05) is 17.0 Å². The summed E-state index contributed by atoms with van der Waals surface area (Å²) in [4.78, 5) is 33.1. The minimum atomic E-state index is -0.0814. The Hall–Kier alpha value is -1.95. The first kappa shape index (κ1) is 15.9. The third kappa shape index (κ3) is 2.83. The fraction of sp³-hybridized carbons (Fsp3) is 0.588. The molecule has 3 heterocycles. The van der Waals surface area contributed by atoms with Gasteiger partial charge in [0.15, 0.2) is 0 Å². The van der Waals surface area contributed by atoms with E-state index in [9.17, 15) is 9.59 Å². The highest BCUT2D eigenvalue weighted by Gasteiger charge is 2.50. The number of fused-ring (bicyclic) bond motifs is 1. The Labute approximate surface area is 136 Å². The molecule has 0 spiro atoms. The number of carbonyl (C=O) groups excluding carboxylic acids is 2. The van der Waals surface area contributed by atoms with Gasteiger partial charge in [0.05, 0.1) is 6.04 Å². The smallest absolute Gasteiger partial charge is 0.272 e. The Morgan fingerprint density at radius 2 is 2.09 bits per heavy atom. The van der Waals surface area contributed by atoms with Crippen LogP contribution in [0.15, 0.2) is 24.4 Å². The lowest BCUT2D eigenvalue weighted by Gasteiger charge is -2.33. The first-order valence-electron chi connectivity index (χ1n) is 8.22. The maximum atomic E-state index is 12.6. The molecule has 0 aromatic carbocycles. The normalized spacial score (nSPS) is 27.3. The van der Waals surface area contributed by atoms with Crippen LogP contribution in [0.4, 0.5) is 0 Å². The van der Waals surface area contributed by atoms with E-state index in [1.54, 1.807) is 19.3 Å². The van der Waals surface area contributed by atoms with Crippen molar-refractivity contribution in [2.24, 2.45) is 5.92 Å². The summed E-state index contributed by atoms with van der Waals surface area (Å²) in [6.45, 7) is 5.60. The number of carbonyl (C=O) groups is 2. The zero-order valence-corrected chi connectivity index (χ0v) is 13.9. The average Bonchev–Trinajstić information content (AvgIpc) is 3.11. The molecule has 0 radical (unpaired) electrons. The Balaban J connectivity index is 1.75. The second-order valence-electron chi connectivity index (χ2n) is 6.66. The van der Waals surface area contributed by atoms with E-state index >= 15 is 0 Å². The molecule has 2 aliphatic rings. The Bertz CT molecular complexity index is 590. The summed E-state index contributed by atoms with van der Waals surface area (Å²) in [5, 5.41) is 2.77. The fourth-order valence-electron chi connectivity index (χ4n) is 4.03. The summed E-state index contributed by atoms with van der Waals surface area (Å²) in [6.07, 6.45) is 2.46. The molecule has 0 bridgehead atoms. The number of hydrogen-bond donors (Lipinski definition) is 1.